The second-order valence-corrected chi connectivity index (χ2v) is 5.78. The number of aliphatic hydroxyl groups excluding tert-OH is 2. The van der Waals surface area contributed by atoms with E-state index in [0.717, 1.165) is 12.0 Å². The van der Waals surface area contributed by atoms with Gasteiger partial charge in [0.2, 0.25) is 0 Å². The first-order valence-electron chi connectivity index (χ1n) is 6.66. The maximum Gasteiger partial charge on any atom is 0.189 e. The number of furan rings is 1. The Bertz CT molecular complexity index is 569. The molecule has 4 heteroatoms. The van der Waals surface area contributed by atoms with Crippen molar-refractivity contribution in [3.05, 3.63) is 34.8 Å². The molecule has 0 spiro atoms. The molecule has 0 saturated heterocycles. The van der Waals surface area contributed by atoms with Crippen molar-refractivity contribution >= 4 is 5.78 Å². The number of fused-ring (bicyclic) bond motifs is 3. The summed E-state index contributed by atoms with van der Waals surface area (Å²) in [6, 6.07) is 0. The minimum atomic E-state index is -0.582. The van der Waals surface area contributed by atoms with Crippen LogP contribution in [0.25, 0.3) is 0 Å². The van der Waals surface area contributed by atoms with Crippen molar-refractivity contribution in [3.8, 4) is 0 Å². The Morgan fingerprint density at radius 1 is 1.47 bits per heavy atom. The van der Waals surface area contributed by atoms with Crippen LogP contribution in [0.2, 0.25) is 0 Å². The first kappa shape index (κ1) is 12.6. The SMILES string of the molecule is C[C@H]1CC[C@@H](O)C2=CC(=O)c3c(CO)coc3[C@@]21C. The van der Waals surface area contributed by atoms with Crippen molar-refractivity contribution in [2.24, 2.45) is 5.92 Å². The second kappa shape index (κ2) is 4.05. The van der Waals surface area contributed by atoms with E-state index in [1.165, 1.54) is 12.3 Å². The minimum Gasteiger partial charge on any atom is -0.467 e. The Hall–Kier alpha value is -1.39. The number of aliphatic hydroxyl groups is 2. The molecule has 2 N–H and O–H groups in total. The van der Waals surface area contributed by atoms with Crippen molar-refractivity contribution in [2.45, 2.75) is 44.8 Å². The summed E-state index contributed by atoms with van der Waals surface area (Å²) in [6.45, 7) is 3.92. The molecule has 1 aromatic heterocycles. The van der Waals surface area contributed by atoms with Crippen molar-refractivity contribution < 1.29 is 19.4 Å². The predicted octanol–water partition coefficient (Wildman–Crippen LogP) is 1.94. The summed E-state index contributed by atoms with van der Waals surface area (Å²) in [4.78, 5) is 12.2. The van der Waals surface area contributed by atoms with Crippen LogP contribution >= 0.6 is 0 Å². The summed E-state index contributed by atoms with van der Waals surface area (Å²) in [5, 5.41) is 19.5. The van der Waals surface area contributed by atoms with Crippen LogP contribution in [0.1, 0.15) is 48.4 Å². The smallest absolute Gasteiger partial charge is 0.189 e. The topological polar surface area (TPSA) is 70.7 Å². The Morgan fingerprint density at radius 3 is 2.89 bits per heavy atom. The molecule has 1 fully saturated rings. The molecule has 0 amide bonds. The van der Waals surface area contributed by atoms with Crippen molar-refractivity contribution in [1.29, 1.82) is 0 Å². The van der Waals surface area contributed by atoms with Gasteiger partial charge in [0.1, 0.15) is 5.76 Å². The van der Waals surface area contributed by atoms with Gasteiger partial charge in [-0.2, -0.15) is 0 Å². The van der Waals surface area contributed by atoms with E-state index >= 15 is 0 Å². The molecule has 0 aliphatic heterocycles. The molecule has 1 aromatic rings. The van der Waals surface area contributed by atoms with Gasteiger partial charge in [-0.1, -0.05) is 6.92 Å². The van der Waals surface area contributed by atoms with Crippen LogP contribution in [-0.4, -0.2) is 22.1 Å². The van der Waals surface area contributed by atoms with Gasteiger partial charge in [-0.3, -0.25) is 4.79 Å². The number of hydrogen-bond acceptors (Lipinski definition) is 4. The van der Waals surface area contributed by atoms with Gasteiger partial charge in [0, 0.05) is 5.56 Å². The molecule has 0 radical (unpaired) electrons. The average molecular weight is 262 g/mol. The van der Waals surface area contributed by atoms with Gasteiger partial charge in [-0.05, 0) is 37.3 Å². The standard InChI is InChI=1S/C15H18O4/c1-8-3-4-11(17)10-5-12(18)13-9(6-16)7-19-14(13)15(8,10)2/h5,7-8,11,16-17H,3-4,6H2,1-2H3/t8-,11+,15+/m0/s1. The van der Waals surface area contributed by atoms with E-state index in [1.807, 2.05) is 6.92 Å². The zero-order chi connectivity index (χ0) is 13.8. The van der Waals surface area contributed by atoms with Crippen molar-refractivity contribution in [2.75, 3.05) is 0 Å². The van der Waals surface area contributed by atoms with Gasteiger partial charge in [-0.25, -0.2) is 0 Å². The summed E-state index contributed by atoms with van der Waals surface area (Å²) in [6.07, 6.45) is 3.98. The van der Waals surface area contributed by atoms with E-state index in [-0.39, 0.29) is 18.3 Å². The molecule has 2 aliphatic rings. The molecular formula is C15H18O4. The van der Waals surface area contributed by atoms with Gasteiger partial charge in [-0.15, -0.1) is 0 Å². The lowest BCUT2D eigenvalue weighted by Crippen LogP contribution is -2.44. The summed E-state index contributed by atoms with van der Waals surface area (Å²) in [5.41, 5.74) is 1.31. The predicted molar refractivity (Wildman–Crippen MR) is 68.8 cm³/mol. The second-order valence-electron chi connectivity index (χ2n) is 5.78. The number of rotatable bonds is 1. The van der Waals surface area contributed by atoms with Gasteiger partial charge in [0.05, 0.1) is 30.0 Å². The van der Waals surface area contributed by atoms with Crippen LogP contribution in [0.15, 0.2) is 22.3 Å². The van der Waals surface area contributed by atoms with Gasteiger partial charge < -0.3 is 14.6 Å². The minimum absolute atomic E-state index is 0.173. The third-order valence-electron chi connectivity index (χ3n) is 4.86. The molecule has 19 heavy (non-hydrogen) atoms. The summed E-state index contributed by atoms with van der Waals surface area (Å²) < 4.78 is 5.61. The van der Waals surface area contributed by atoms with Crippen LogP contribution in [0.5, 0.6) is 0 Å². The number of hydrogen-bond donors (Lipinski definition) is 2. The van der Waals surface area contributed by atoms with Crippen LogP contribution in [0, 0.1) is 5.92 Å². The first-order valence-corrected chi connectivity index (χ1v) is 6.66. The molecular weight excluding hydrogens is 244 g/mol. The quantitative estimate of drug-likeness (QED) is 0.811. The van der Waals surface area contributed by atoms with Gasteiger partial charge >= 0.3 is 0 Å². The van der Waals surface area contributed by atoms with Gasteiger partial charge in [0.15, 0.2) is 5.78 Å². The highest BCUT2D eigenvalue weighted by Gasteiger charge is 2.50. The Kier molecular flexibility index (Phi) is 2.69. The number of allylic oxidation sites excluding steroid dienone is 1. The third kappa shape index (κ3) is 1.50. The Labute approximate surface area is 111 Å². The molecule has 4 nitrogen and oxygen atoms in total. The van der Waals surface area contributed by atoms with E-state index in [2.05, 4.69) is 6.92 Å². The molecule has 1 heterocycles. The molecule has 0 aromatic carbocycles. The highest BCUT2D eigenvalue weighted by atomic mass is 16.3. The zero-order valence-corrected chi connectivity index (χ0v) is 11.1. The number of carbonyl (C=O) groups excluding carboxylic acids is 1. The largest absolute Gasteiger partial charge is 0.467 e. The lowest BCUT2D eigenvalue weighted by molar-refractivity contribution is 0.0942. The number of carbonyl (C=O) groups is 1. The van der Waals surface area contributed by atoms with Gasteiger partial charge in [0.25, 0.3) is 0 Å². The average Bonchev–Trinajstić information content (AvgIpc) is 2.83. The molecule has 2 aliphatic carbocycles. The first-order chi connectivity index (χ1) is 9.00. The zero-order valence-electron chi connectivity index (χ0n) is 11.1. The van der Waals surface area contributed by atoms with Crippen molar-refractivity contribution in [3.63, 3.8) is 0 Å². The maximum absolute atomic E-state index is 12.2. The fourth-order valence-electron chi connectivity index (χ4n) is 3.46. The monoisotopic (exact) mass is 262 g/mol. The van der Waals surface area contributed by atoms with E-state index in [4.69, 9.17) is 4.42 Å². The highest BCUT2D eigenvalue weighted by Crippen LogP contribution is 2.51. The molecule has 102 valence electrons. The van der Waals surface area contributed by atoms with Crippen LogP contribution < -0.4 is 0 Å². The van der Waals surface area contributed by atoms with E-state index in [1.54, 1.807) is 0 Å². The highest BCUT2D eigenvalue weighted by molar-refractivity contribution is 6.09. The lowest BCUT2D eigenvalue weighted by atomic mass is 9.59. The number of ketones is 1. The lowest BCUT2D eigenvalue weighted by Gasteiger charge is -2.44. The van der Waals surface area contributed by atoms with Crippen LogP contribution in [0.4, 0.5) is 0 Å². The van der Waals surface area contributed by atoms with E-state index in [0.29, 0.717) is 23.3 Å². The Balaban J connectivity index is 2.24. The molecule has 3 rings (SSSR count). The Morgan fingerprint density at radius 2 is 2.21 bits per heavy atom. The molecule has 3 atom stereocenters. The fourth-order valence-corrected chi connectivity index (χ4v) is 3.46. The van der Waals surface area contributed by atoms with E-state index in [9.17, 15) is 15.0 Å². The van der Waals surface area contributed by atoms with Crippen molar-refractivity contribution in [1.82, 2.24) is 0 Å². The van der Waals surface area contributed by atoms with Crippen LogP contribution in [-0.2, 0) is 12.0 Å². The fraction of sp³-hybridized carbons (Fsp3) is 0.533. The third-order valence-corrected chi connectivity index (χ3v) is 4.86. The molecule has 1 saturated carbocycles. The summed E-state index contributed by atoms with van der Waals surface area (Å²) in [5.74, 6) is 0.713. The summed E-state index contributed by atoms with van der Waals surface area (Å²) in [7, 11) is 0. The normalized spacial score (nSPS) is 33.7. The summed E-state index contributed by atoms with van der Waals surface area (Å²) >= 11 is 0. The molecule has 0 bridgehead atoms. The van der Waals surface area contributed by atoms with E-state index < -0.39 is 11.5 Å². The van der Waals surface area contributed by atoms with Crippen LogP contribution in [0.3, 0.4) is 0 Å². The molecule has 0 unspecified atom stereocenters. The maximum atomic E-state index is 12.2.